The van der Waals surface area contributed by atoms with Crippen LogP contribution in [0.25, 0.3) is 11.1 Å². The molecule has 0 atom stereocenters. The number of hydrogen-bond acceptors (Lipinski definition) is 2. The van der Waals surface area contributed by atoms with Gasteiger partial charge in [-0.1, -0.05) is 18.2 Å². The van der Waals surface area contributed by atoms with Crippen LogP contribution >= 0.6 is 0 Å². The Morgan fingerprint density at radius 1 is 1.06 bits per heavy atom. The molecule has 1 amide bonds. The Kier molecular flexibility index (Phi) is 3.23. The number of carbonyl (C=O) groups excluding carboxylic acids is 1. The molecule has 5 heteroatoms. The van der Waals surface area contributed by atoms with Gasteiger partial charge in [0.15, 0.2) is 0 Å². The summed E-state index contributed by atoms with van der Waals surface area (Å²) in [6.45, 7) is 0. The van der Waals surface area contributed by atoms with Gasteiger partial charge in [-0.25, -0.2) is 13.6 Å². The molecule has 0 aliphatic heterocycles. The van der Waals surface area contributed by atoms with E-state index in [9.17, 15) is 13.6 Å². The molecule has 0 spiro atoms. The second-order valence-electron chi connectivity index (χ2n) is 3.58. The van der Waals surface area contributed by atoms with Crippen LogP contribution < -0.4 is 10.5 Å². The topological polar surface area (TPSA) is 52.3 Å². The molecule has 0 fully saturated rings. The van der Waals surface area contributed by atoms with Gasteiger partial charge in [-0.15, -0.1) is 0 Å². The summed E-state index contributed by atoms with van der Waals surface area (Å²) in [6.07, 6.45) is -0.987. The summed E-state index contributed by atoms with van der Waals surface area (Å²) in [5.74, 6) is -1.27. The number of amides is 1. The van der Waals surface area contributed by atoms with Gasteiger partial charge in [0.1, 0.15) is 17.4 Å². The van der Waals surface area contributed by atoms with Crippen molar-refractivity contribution >= 4 is 6.09 Å². The lowest BCUT2D eigenvalue weighted by Crippen LogP contribution is -2.16. The van der Waals surface area contributed by atoms with Gasteiger partial charge in [0.25, 0.3) is 0 Å². The average Bonchev–Trinajstić information content (AvgIpc) is 2.27. The Morgan fingerprint density at radius 2 is 1.67 bits per heavy atom. The zero-order valence-electron chi connectivity index (χ0n) is 9.19. The quantitative estimate of drug-likeness (QED) is 0.889. The van der Waals surface area contributed by atoms with Crippen LogP contribution in [0.1, 0.15) is 0 Å². The number of hydrogen-bond donors (Lipinski definition) is 1. The van der Waals surface area contributed by atoms with Gasteiger partial charge in [0.2, 0.25) is 0 Å². The smallest absolute Gasteiger partial charge is 0.409 e. The maximum absolute atomic E-state index is 13.1. The predicted molar refractivity (Wildman–Crippen MR) is 62.0 cm³/mol. The van der Waals surface area contributed by atoms with Crippen LogP contribution in [0.2, 0.25) is 0 Å². The highest BCUT2D eigenvalue weighted by Gasteiger charge is 2.10. The Hall–Kier alpha value is -2.43. The van der Waals surface area contributed by atoms with Crippen LogP contribution in [0.3, 0.4) is 0 Å². The molecule has 0 saturated heterocycles. The molecular weight excluding hydrogens is 240 g/mol. The molecule has 3 nitrogen and oxygen atoms in total. The molecule has 2 rings (SSSR count). The van der Waals surface area contributed by atoms with E-state index in [0.717, 1.165) is 18.2 Å². The summed E-state index contributed by atoms with van der Waals surface area (Å²) < 4.78 is 31.0. The zero-order valence-corrected chi connectivity index (χ0v) is 9.19. The van der Waals surface area contributed by atoms with Gasteiger partial charge < -0.3 is 10.5 Å². The number of benzene rings is 2. The Balaban J connectivity index is 2.52. The first-order valence-corrected chi connectivity index (χ1v) is 5.09. The summed E-state index contributed by atoms with van der Waals surface area (Å²) in [5.41, 5.74) is 5.57. The van der Waals surface area contributed by atoms with Crippen molar-refractivity contribution < 1.29 is 18.3 Å². The minimum absolute atomic E-state index is 0.148. The van der Waals surface area contributed by atoms with E-state index < -0.39 is 17.7 Å². The molecule has 0 aliphatic carbocycles. The Bertz CT molecular complexity index is 579. The first-order chi connectivity index (χ1) is 8.56. The van der Waals surface area contributed by atoms with E-state index in [1.54, 1.807) is 18.2 Å². The second kappa shape index (κ2) is 4.83. The third-order valence-electron chi connectivity index (χ3n) is 2.27. The summed E-state index contributed by atoms with van der Waals surface area (Å²) in [6, 6.07) is 9.40. The van der Waals surface area contributed by atoms with E-state index in [-0.39, 0.29) is 11.3 Å². The van der Waals surface area contributed by atoms with Crippen LogP contribution in [0.4, 0.5) is 13.6 Å². The first kappa shape index (κ1) is 12.0. The highest BCUT2D eigenvalue weighted by Crippen LogP contribution is 2.30. The molecule has 2 N–H and O–H groups in total. The minimum Gasteiger partial charge on any atom is -0.410 e. The summed E-state index contributed by atoms with van der Waals surface area (Å²) in [5, 5.41) is 0. The summed E-state index contributed by atoms with van der Waals surface area (Å²) >= 11 is 0. The third kappa shape index (κ3) is 2.63. The van der Waals surface area contributed by atoms with Crippen LogP contribution in [-0.2, 0) is 0 Å². The molecule has 2 aromatic rings. The molecule has 0 bridgehead atoms. The van der Waals surface area contributed by atoms with E-state index in [4.69, 9.17) is 10.5 Å². The first-order valence-electron chi connectivity index (χ1n) is 5.09. The van der Waals surface area contributed by atoms with Crippen molar-refractivity contribution in [2.45, 2.75) is 0 Å². The van der Waals surface area contributed by atoms with Crippen LogP contribution in [0, 0.1) is 11.6 Å². The van der Waals surface area contributed by atoms with Crippen LogP contribution in [0.5, 0.6) is 5.75 Å². The molecule has 0 radical (unpaired) electrons. The fraction of sp³-hybridized carbons (Fsp3) is 0. The number of carbonyl (C=O) groups is 1. The van der Waals surface area contributed by atoms with Crippen molar-refractivity contribution in [2.24, 2.45) is 5.73 Å². The number of halogens is 2. The fourth-order valence-corrected chi connectivity index (χ4v) is 1.61. The normalized spacial score (nSPS) is 10.1. The van der Waals surface area contributed by atoms with Crippen LogP contribution in [-0.4, -0.2) is 6.09 Å². The van der Waals surface area contributed by atoms with Crippen molar-refractivity contribution in [1.82, 2.24) is 0 Å². The van der Waals surface area contributed by atoms with Gasteiger partial charge >= 0.3 is 6.09 Å². The maximum Gasteiger partial charge on any atom is 0.409 e. The predicted octanol–water partition coefficient (Wildman–Crippen LogP) is 3.09. The third-order valence-corrected chi connectivity index (χ3v) is 2.27. The Morgan fingerprint density at radius 3 is 2.28 bits per heavy atom. The number of primary amides is 1. The SMILES string of the molecule is NC(=O)Oc1ccccc1-c1cc(F)cc(F)c1. The standard InChI is InChI=1S/C13H9F2NO2/c14-9-5-8(6-10(15)7-9)11-3-1-2-4-12(11)18-13(16)17/h1-7H,(H2,16,17). The molecule has 92 valence electrons. The van der Waals surface area contributed by atoms with Crippen molar-refractivity contribution in [3.05, 3.63) is 54.1 Å². The number of rotatable bonds is 2. The monoisotopic (exact) mass is 249 g/mol. The van der Waals surface area contributed by atoms with Crippen molar-refractivity contribution in [3.63, 3.8) is 0 Å². The average molecular weight is 249 g/mol. The molecule has 0 unspecified atom stereocenters. The molecule has 2 aromatic carbocycles. The number of ether oxygens (including phenoxy) is 1. The van der Waals surface area contributed by atoms with E-state index in [0.29, 0.717) is 5.56 Å². The highest BCUT2D eigenvalue weighted by atomic mass is 19.1. The van der Waals surface area contributed by atoms with Crippen LogP contribution in [0.15, 0.2) is 42.5 Å². The van der Waals surface area contributed by atoms with E-state index in [1.165, 1.54) is 6.07 Å². The van der Waals surface area contributed by atoms with E-state index in [2.05, 4.69) is 0 Å². The number of nitrogens with two attached hydrogens (primary N) is 1. The van der Waals surface area contributed by atoms with E-state index in [1.807, 2.05) is 0 Å². The number of para-hydroxylation sites is 1. The molecule has 0 saturated carbocycles. The van der Waals surface area contributed by atoms with Crippen molar-refractivity contribution in [3.8, 4) is 16.9 Å². The molecular formula is C13H9F2NO2. The fourth-order valence-electron chi connectivity index (χ4n) is 1.61. The molecule has 18 heavy (non-hydrogen) atoms. The maximum atomic E-state index is 13.1. The highest BCUT2D eigenvalue weighted by molar-refractivity contribution is 5.76. The second-order valence-corrected chi connectivity index (χ2v) is 3.58. The van der Waals surface area contributed by atoms with Gasteiger partial charge in [-0.05, 0) is 23.8 Å². The lowest BCUT2D eigenvalue weighted by Gasteiger charge is -2.08. The van der Waals surface area contributed by atoms with Gasteiger partial charge in [0.05, 0.1) is 0 Å². The van der Waals surface area contributed by atoms with Gasteiger partial charge in [-0.3, -0.25) is 0 Å². The van der Waals surface area contributed by atoms with Crippen molar-refractivity contribution in [2.75, 3.05) is 0 Å². The lowest BCUT2D eigenvalue weighted by atomic mass is 10.0. The zero-order chi connectivity index (χ0) is 13.1. The summed E-state index contributed by atoms with van der Waals surface area (Å²) in [4.78, 5) is 10.7. The molecule has 0 aliphatic rings. The largest absolute Gasteiger partial charge is 0.410 e. The van der Waals surface area contributed by atoms with Gasteiger partial charge in [0, 0.05) is 11.6 Å². The minimum atomic E-state index is -0.987. The lowest BCUT2D eigenvalue weighted by molar-refractivity contribution is 0.211. The van der Waals surface area contributed by atoms with E-state index >= 15 is 0 Å². The molecule has 0 heterocycles. The summed E-state index contributed by atoms with van der Waals surface area (Å²) in [7, 11) is 0. The van der Waals surface area contributed by atoms with Crippen molar-refractivity contribution in [1.29, 1.82) is 0 Å². The Labute approximate surface area is 102 Å². The van der Waals surface area contributed by atoms with Gasteiger partial charge in [-0.2, -0.15) is 0 Å². The molecule has 0 aromatic heterocycles.